The SMILES string of the molecule is CCCCCC(CN(C)C)C(=O)/C=C/c1c(Cl)cccc1Cl.Cl. The topological polar surface area (TPSA) is 20.3 Å². The Hall–Kier alpha value is -0.540. The number of benzene rings is 1. The number of halogens is 3. The van der Waals surface area contributed by atoms with E-state index in [-0.39, 0.29) is 24.1 Å². The first kappa shape index (κ1) is 22.5. The van der Waals surface area contributed by atoms with Crippen LogP contribution in [-0.4, -0.2) is 31.3 Å². The second-order valence-electron chi connectivity index (χ2n) is 5.83. The molecule has 0 saturated heterocycles. The molecule has 0 radical (unpaired) electrons. The number of carbonyl (C=O) groups excluding carboxylic acids is 1. The van der Waals surface area contributed by atoms with Gasteiger partial charge in [-0.05, 0) is 44.8 Å². The second kappa shape index (κ2) is 11.9. The second-order valence-corrected chi connectivity index (χ2v) is 6.64. The summed E-state index contributed by atoms with van der Waals surface area (Å²) in [6.45, 7) is 2.94. The Morgan fingerprint density at radius 2 is 1.83 bits per heavy atom. The molecule has 0 saturated carbocycles. The van der Waals surface area contributed by atoms with Crippen molar-refractivity contribution in [2.24, 2.45) is 5.92 Å². The average molecular weight is 379 g/mol. The molecule has 0 bridgehead atoms. The average Bonchev–Trinajstić information content (AvgIpc) is 2.45. The molecule has 5 heteroatoms. The van der Waals surface area contributed by atoms with Gasteiger partial charge in [-0.3, -0.25) is 4.79 Å². The Bertz CT molecular complexity index is 495. The zero-order valence-corrected chi connectivity index (χ0v) is 16.3. The summed E-state index contributed by atoms with van der Waals surface area (Å²) in [7, 11) is 3.99. The highest BCUT2D eigenvalue weighted by molar-refractivity contribution is 6.37. The molecular weight excluding hydrogens is 353 g/mol. The first-order valence-electron chi connectivity index (χ1n) is 7.76. The van der Waals surface area contributed by atoms with E-state index in [0.717, 1.165) is 32.2 Å². The van der Waals surface area contributed by atoms with E-state index in [1.807, 2.05) is 14.1 Å². The van der Waals surface area contributed by atoms with Gasteiger partial charge >= 0.3 is 0 Å². The van der Waals surface area contributed by atoms with Crippen molar-refractivity contribution in [1.82, 2.24) is 4.90 Å². The Labute approximate surface area is 156 Å². The smallest absolute Gasteiger partial charge is 0.160 e. The Balaban J connectivity index is 0.00000484. The van der Waals surface area contributed by atoms with E-state index in [9.17, 15) is 4.79 Å². The molecule has 0 aliphatic heterocycles. The minimum Gasteiger partial charge on any atom is -0.309 e. The summed E-state index contributed by atoms with van der Waals surface area (Å²) in [5.74, 6) is 0.167. The van der Waals surface area contributed by atoms with Crippen molar-refractivity contribution in [3.8, 4) is 0 Å². The molecule has 0 amide bonds. The summed E-state index contributed by atoms with van der Waals surface area (Å²) in [5, 5.41) is 1.12. The molecule has 23 heavy (non-hydrogen) atoms. The highest BCUT2D eigenvalue weighted by atomic mass is 35.5. The summed E-state index contributed by atoms with van der Waals surface area (Å²) in [4.78, 5) is 14.5. The standard InChI is InChI=1S/C18H25Cl2NO.ClH/c1-4-5-6-8-14(13-21(2)3)18(22)12-11-15-16(19)9-7-10-17(15)20;/h7,9-12,14H,4-6,8,13H2,1-3H3;1H/b12-11+;. The van der Waals surface area contributed by atoms with E-state index in [0.29, 0.717) is 15.6 Å². The lowest BCUT2D eigenvalue weighted by atomic mass is 9.95. The van der Waals surface area contributed by atoms with E-state index < -0.39 is 0 Å². The summed E-state index contributed by atoms with van der Waals surface area (Å²) in [6, 6.07) is 5.34. The predicted molar refractivity (Wildman–Crippen MR) is 104 cm³/mol. The summed E-state index contributed by atoms with van der Waals surface area (Å²) in [6.07, 6.45) is 7.68. The van der Waals surface area contributed by atoms with Gasteiger partial charge in [0.1, 0.15) is 0 Å². The number of rotatable bonds is 9. The van der Waals surface area contributed by atoms with Crippen molar-refractivity contribution in [1.29, 1.82) is 0 Å². The van der Waals surface area contributed by atoms with E-state index in [1.54, 1.807) is 30.4 Å². The third kappa shape index (κ3) is 8.21. The number of hydrogen-bond acceptors (Lipinski definition) is 2. The molecule has 2 nitrogen and oxygen atoms in total. The Morgan fingerprint density at radius 1 is 1.22 bits per heavy atom. The molecule has 1 atom stereocenters. The van der Waals surface area contributed by atoms with Gasteiger partial charge in [0.2, 0.25) is 0 Å². The number of ketones is 1. The zero-order chi connectivity index (χ0) is 16.5. The van der Waals surface area contributed by atoms with Crippen LogP contribution >= 0.6 is 35.6 Å². The summed E-state index contributed by atoms with van der Waals surface area (Å²) >= 11 is 12.2. The molecule has 1 aromatic rings. The molecule has 0 aromatic heterocycles. The van der Waals surface area contributed by atoms with E-state index in [4.69, 9.17) is 23.2 Å². The molecular formula is C18H26Cl3NO. The van der Waals surface area contributed by atoms with Crippen LogP contribution in [0.15, 0.2) is 24.3 Å². The maximum atomic E-state index is 12.5. The van der Waals surface area contributed by atoms with E-state index in [1.165, 1.54) is 0 Å². The molecule has 0 N–H and O–H groups in total. The number of hydrogen-bond donors (Lipinski definition) is 0. The molecule has 0 aliphatic rings. The van der Waals surface area contributed by atoms with Crippen LogP contribution in [0.1, 0.15) is 38.2 Å². The molecule has 0 fully saturated rings. The molecule has 0 aliphatic carbocycles. The van der Waals surface area contributed by atoms with Crippen molar-refractivity contribution in [2.45, 2.75) is 32.6 Å². The van der Waals surface area contributed by atoms with Crippen LogP contribution in [0.5, 0.6) is 0 Å². The van der Waals surface area contributed by atoms with Gasteiger partial charge in [0.15, 0.2) is 5.78 Å². The Morgan fingerprint density at radius 3 is 2.35 bits per heavy atom. The molecule has 1 rings (SSSR count). The van der Waals surface area contributed by atoms with Gasteiger partial charge in [-0.1, -0.05) is 55.5 Å². The lowest BCUT2D eigenvalue weighted by molar-refractivity contribution is -0.118. The van der Waals surface area contributed by atoms with E-state index >= 15 is 0 Å². The normalized spacial score (nSPS) is 12.4. The number of allylic oxidation sites excluding steroid dienone is 1. The van der Waals surface area contributed by atoms with Crippen LogP contribution < -0.4 is 0 Å². The fraction of sp³-hybridized carbons (Fsp3) is 0.500. The minimum absolute atomic E-state index is 0. The van der Waals surface area contributed by atoms with Gasteiger partial charge in [0.05, 0.1) is 0 Å². The summed E-state index contributed by atoms with van der Waals surface area (Å²) < 4.78 is 0. The first-order chi connectivity index (χ1) is 10.5. The van der Waals surface area contributed by atoms with Gasteiger partial charge in [-0.2, -0.15) is 0 Å². The van der Waals surface area contributed by atoms with Crippen LogP contribution in [0, 0.1) is 5.92 Å². The van der Waals surface area contributed by atoms with Crippen LogP contribution in [0.3, 0.4) is 0 Å². The first-order valence-corrected chi connectivity index (χ1v) is 8.52. The molecule has 1 aromatic carbocycles. The highest BCUT2D eigenvalue weighted by Crippen LogP contribution is 2.26. The molecule has 1 unspecified atom stereocenters. The highest BCUT2D eigenvalue weighted by Gasteiger charge is 2.16. The lowest BCUT2D eigenvalue weighted by Gasteiger charge is -2.18. The third-order valence-corrected chi connectivity index (χ3v) is 4.22. The zero-order valence-electron chi connectivity index (χ0n) is 14.0. The number of nitrogens with zero attached hydrogens (tertiary/aromatic N) is 1. The van der Waals surface area contributed by atoms with Gasteiger partial charge in [-0.15, -0.1) is 12.4 Å². The van der Waals surface area contributed by atoms with Crippen LogP contribution in [0.25, 0.3) is 6.08 Å². The molecule has 130 valence electrons. The molecule has 0 spiro atoms. The van der Waals surface area contributed by atoms with Crippen LogP contribution in [0.4, 0.5) is 0 Å². The van der Waals surface area contributed by atoms with Crippen LogP contribution in [-0.2, 0) is 4.79 Å². The van der Waals surface area contributed by atoms with Crippen molar-refractivity contribution in [2.75, 3.05) is 20.6 Å². The largest absolute Gasteiger partial charge is 0.309 e. The number of unbranched alkanes of at least 4 members (excludes halogenated alkanes) is 2. The quantitative estimate of drug-likeness (QED) is 0.402. The fourth-order valence-electron chi connectivity index (χ4n) is 2.38. The summed E-state index contributed by atoms with van der Waals surface area (Å²) in [5.41, 5.74) is 0.705. The van der Waals surface area contributed by atoms with Gasteiger partial charge < -0.3 is 4.90 Å². The van der Waals surface area contributed by atoms with Crippen molar-refractivity contribution >= 4 is 47.5 Å². The molecule has 0 heterocycles. The maximum absolute atomic E-state index is 12.5. The Kier molecular flexibility index (Phi) is 11.6. The maximum Gasteiger partial charge on any atom is 0.160 e. The van der Waals surface area contributed by atoms with Gasteiger partial charge in [0.25, 0.3) is 0 Å². The van der Waals surface area contributed by atoms with Gasteiger partial charge in [0, 0.05) is 28.1 Å². The van der Waals surface area contributed by atoms with Crippen molar-refractivity contribution < 1.29 is 4.79 Å². The lowest BCUT2D eigenvalue weighted by Crippen LogP contribution is -2.27. The van der Waals surface area contributed by atoms with Crippen molar-refractivity contribution in [3.63, 3.8) is 0 Å². The fourth-order valence-corrected chi connectivity index (χ4v) is 2.90. The number of carbonyl (C=O) groups is 1. The minimum atomic E-state index is 0. The third-order valence-electron chi connectivity index (χ3n) is 3.56. The predicted octanol–water partition coefficient (Wildman–Crippen LogP) is 5.76. The van der Waals surface area contributed by atoms with Crippen LogP contribution in [0.2, 0.25) is 10.0 Å². The van der Waals surface area contributed by atoms with Crippen molar-refractivity contribution in [3.05, 3.63) is 39.9 Å². The van der Waals surface area contributed by atoms with E-state index in [2.05, 4.69) is 11.8 Å². The monoisotopic (exact) mass is 377 g/mol. The van der Waals surface area contributed by atoms with Gasteiger partial charge in [-0.25, -0.2) is 0 Å².